The normalized spacial score (nSPS) is 19.0. The van der Waals surface area contributed by atoms with Gasteiger partial charge in [0.2, 0.25) is 0 Å². The van der Waals surface area contributed by atoms with Gasteiger partial charge in [0.1, 0.15) is 5.75 Å². The molecule has 0 amide bonds. The zero-order valence-electron chi connectivity index (χ0n) is 11.0. The second-order valence-corrected chi connectivity index (χ2v) is 5.25. The monoisotopic (exact) mass is 233 g/mol. The highest BCUT2D eigenvalue weighted by Gasteiger charge is 2.34. The van der Waals surface area contributed by atoms with Crippen LogP contribution >= 0.6 is 0 Å². The van der Waals surface area contributed by atoms with Crippen molar-refractivity contribution >= 4 is 0 Å². The van der Waals surface area contributed by atoms with E-state index in [4.69, 9.17) is 10.5 Å². The van der Waals surface area contributed by atoms with Gasteiger partial charge in [-0.2, -0.15) is 0 Å². The van der Waals surface area contributed by atoms with Gasteiger partial charge in [-0.1, -0.05) is 31.4 Å². The van der Waals surface area contributed by atoms with Crippen LogP contribution in [0.3, 0.4) is 0 Å². The molecule has 1 fully saturated rings. The van der Waals surface area contributed by atoms with Gasteiger partial charge in [-0.15, -0.1) is 0 Å². The maximum atomic E-state index is 6.08. The topological polar surface area (TPSA) is 35.2 Å². The molecule has 17 heavy (non-hydrogen) atoms. The number of nitrogens with two attached hydrogens (primary N) is 1. The molecule has 2 rings (SSSR count). The molecule has 1 aromatic rings. The summed E-state index contributed by atoms with van der Waals surface area (Å²) in [4.78, 5) is 0. The van der Waals surface area contributed by atoms with Crippen molar-refractivity contribution in [1.29, 1.82) is 0 Å². The highest BCUT2D eigenvalue weighted by molar-refractivity contribution is 5.43. The molecule has 0 heterocycles. The van der Waals surface area contributed by atoms with E-state index in [0.29, 0.717) is 0 Å². The Hall–Kier alpha value is -1.02. The largest absolute Gasteiger partial charge is 0.496 e. The van der Waals surface area contributed by atoms with E-state index >= 15 is 0 Å². The van der Waals surface area contributed by atoms with Crippen molar-refractivity contribution in [3.8, 4) is 5.75 Å². The number of methoxy groups -OCH3 is 1. The lowest BCUT2D eigenvalue weighted by atomic mass is 9.69. The lowest BCUT2D eigenvalue weighted by molar-refractivity contribution is 0.288. The summed E-state index contributed by atoms with van der Waals surface area (Å²) in [6.07, 6.45) is 6.31. The molecule has 0 aromatic heterocycles. The third kappa shape index (κ3) is 2.32. The minimum Gasteiger partial charge on any atom is -0.496 e. The van der Waals surface area contributed by atoms with E-state index in [2.05, 4.69) is 25.1 Å². The molecule has 0 aliphatic heterocycles. The van der Waals surface area contributed by atoms with Crippen LogP contribution < -0.4 is 10.5 Å². The van der Waals surface area contributed by atoms with E-state index in [1.165, 1.54) is 43.2 Å². The molecule has 1 aromatic carbocycles. The average Bonchev–Trinajstić information content (AvgIpc) is 2.39. The van der Waals surface area contributed by atoms with Crippen molar-refractivity contribution in [2.24, 2.45) is 5.73 Å². The quantitative estimate of drug-likeness (QED) is 0.870. The summed E-state index contributed by atoms with van der Waals surface area (Å²) in [6.45, 7) is 2.83. The first-order valence-electron chi connectivity index (χ1n) is 6.57. The van der Waals surface area contributed by atoms with Crippen LogP contribution in [0.5, 0.6) is 5.75 Å². The minimum atomic E-state index is 0.150. The molecular weight excluding hydrogens is 210 g/mol. The highest BCUT2D eigenvalue weighted by Crippen LogP contribution is 2.42. The van der Waals surface area contributed by atoms with Crippen molar-refractivity contribution in [3.63, 3.8) is 0 Å². The van der Waals surface area contributed by atoms with Crippen LogP contribution in [-0.2, 0) is 5.41 Å². The Labute approximate surface area is 104 Å². The van der Waals surface area contributed by atoms with Crippen molar-refractivity contribution in [1.82, 2.24) is 0 Å². The lowest BCUT2D eigenvalue weighted by Crippen LogP contribution is -2.37. The Morgan fingerprint density at radius 3 is 2.53 bits per heavy atom. The van der Waals surface area contributed by atoms with Crippen LogP contribution in [0.1, 0.15) is 43.2 Å². The molecule has 0 spiro atoms. The fourth-order valence-corrected chi connectivity index (χ4v) is 3.05. The first-order valence-corrected chi connectivity index (χ1v) is 6.57. The number of benzene rings is 1. The van der Waals surface area contributed by atoms with E-state index in [9.17, 15) is 0 Å². The van der Waals surface area contributed by atoms with Gasteiger partial charge in [-0.25, -0.2) is 0 Å². The summed E-state index contributed by atoms with van der Waals surface area (Å²) in [6, 6.07) is 6.51. The molecule has 1 aliphatic rings. The highest BCUT2D eigenvalue weighted by atomic mass is 16.5. The Bertz CT molecular complexity index is 381. The molecule has 0 bridgehead atoms. The molecule has 0 unspecified atom stereocenters. The maximum Gasteiger partial charge on any atom is 0.122 e. The first-order chi connectivity index (χ1) is 8.22. The van der Waals surface area contributed by atoms with Crippen molar-refractivity contribution in [2.45, 2.75) is 44.4 Å². The van der Waals surface area contributed by atoms with Crippen LogP contribution in [0.25, 0.3) is 0 Å². The third-order valence-electron chi connectivity index (χ3n) is 4.13. The Morgan fingerprint density at radius 2 is 1.94 bits per heavy atom. The van der Waals surface area contributed by atoms with Gasteiger partial charge in [0.15, 0.2) is 0 Å². The van der Waals surface area contributed by atoms with Crippen LogP contribution in [0.2, 0.25) is 0 Å². The van der Waals surface area contributed by atoms with Crippen LogP contribution in [0.4, 0.5) is 0 Å². The molecule has 94 valence electrons. The minimum absolute atomic E-state index is 0.150. The summed E-state index contributed by atoms with van der Waals surface area (Å²) in [5.41, 5.74) is 8.78. The zero-order valence-corrected chi connectivity index (χ0v) is 11.0. The second-order valence-electron chi connectivity index (χ2n) is 5.25. The van der Waals surface area contributed by atoms with Gasteiger partial charge in [0, 0.05) is 17.5 Å². The fraction of sp³-hybridized carbons (Fsp3) is 0.600. The van der Waals surface area contributed by atoms with Gasteiger partial charge in [-0.05, 0) is 31.4 Å². The molecule has 1 saturated carbocycles. The first kappa shape index (κ1) is 12.4. The van der Waals surface area contributed by atoms with Gasteiger partial charge < -0.3 is 10.5 Å². The third-order valence-corrected chi connectivity index (χ3v) is 4.13. The Kier molecular flexibility index (Phi) is 3.72. The predicted octanol–water partition coefficient (Wildman–Crippen LogP) is 3.16. The zero-order chi connectivity index (χ0) is 12.3. The molecular formula is C15H23NO. The number of hydrogen-bond donors (Lipinski definition) is 1. The SMILES string of the molecule is COc1cc(C)ccc1C1(CN)CCCCC1. The van der Waals surface area contributed by atoms with Gasteiger partial charge >= 0.3 is 0 Å². The van der Waals surface area contributed by atoms with E-state index in [1.54, 1.807) is 7.11 Å². The summed E-state index contributed by atoms with van der Waals surface area (Å²) in [5, 5.41) is 0. The summed E-state index contributed by atoms with van der Waals surface area (Å²) in [5.74, 6) is 1.01. The number of ether oxygens (including phenoxy) is 1. The van der Waals surface area contributed by atoms with Gasteiger partial charge in [0.05, 0.1) is 7.11 Å². The predicted molar refractivity (Wildman–Crippen MR) is 71.5 cm³/mol. The molecule has 0 radical (unpaired) electrons. The van der Waals surface area contributed by atoms with E-state index in [1.807, 2.05) is 0 Å². The number of aryl methyl sites for hydroxylation is 1. The van der Waals surface area contributed by atoms with Gasteiger partial charge in [-0.3, -0.25) is 0 Å². The molecule has 0 atom stereocenters. The Balaban J connectivity index is 2.42. The second kappa shape index (κ2) is 5.09. The molecule has 0 saturated heterocycles. The molecule has 2 heteroatoms. The van der Waals surface area contributed by atoms with Crippen molar-refractivity contribution in [3.05, 3.63) is 29.3 Å². The van der Waals surface area contributed by atoms with E-state index in [0.717, 1.165) is 12.3 Å². The van der Waals surface area contributed by atoms with Crippen LogP contribution in [0, 0.1) is 6.92 Å². The van der Waals surface area contributed by atoms with E-state index < -0.39 is 0 Å². The lowest BCUT2D eigenvalue weighted by Gasteiger charge is -2.37. The number of rotatable bonds is 3. The van der Waals surface area contributed by atoms with Crippen LogP contribution in [0.15, 0.2) is 18.2 Å². The summed E-state index contributed by atoms with van der Waals surface area (Å²) < 4.78 is 5.55. The maximum absolute atomic E-state index is 6.08. The standard InChI is InChI=1S/C15H23NO/c1-12-6-7-13(14(10-12)17-2)15(11-16)8-4-3-5-9-15/h6-7,10H,3-5,8-9,11,16H2,1-2H3. The summed E-state index contributed by atoms with van der Waals surface area (Å²) >= 11 is 0. The Morgan fingerprint density at radius 1 is 1.24 bits per heavy atom. The fourth-order valence-electron chi connectivity index (χ4n) is 3.05. The molecule has 2 nitrogen and oxygen atoms in total. The smallest absolute Gasteiger partial charge is 0.122 e. The summed E-state index contributed by atoms with van der Waals surface area (Å²) in [7, 11) is 1.76. The molecule has 2 N–H and O–H groups in total. The van der Waals surface area contributed by atoms with Crippen molar-refractivity contribution < 1.29 is 4.74 Å². The van der Waals surface area contributed by atoms with Crippen molar-refractivity contribution in [2.75, 3.05) is 13.7 Å². The average molecular weight is 233 g/mol. The van der Waals surface area contributed by atoms with Gasteiger partial charge in [0.25, 0.3) is 0 Å². The van der Waals surface area contributed by atoms with Crippen LogP contribution in [-0.4, -0.2) is 13.7 Å². The van der Waals surface area contributed by atoms with E-state index in [-0.39, 0.29) is 5.41 Å². The number of hydrogen-bond acceptors (Lipinski definition) is 2. The molecule has 1 aliphatic carbocycles.